The van der Waals surface area contributed by atoms with Gasteiger partial charge in [-0.3, -0.25) is 4.57 Å². The SMILES string of the molecule is c1ccc(-c2nc(-c3ccc4c(c3)nc(-c3ccccc3)c3ccc5oc6ccccc6c5c34)nc(-n3c4ccccc4c4ccccc43)n2)cc1. The number of para-hydroxylation sites is 3. The highest BCUT2D eigenvalue weighted by Crippen LogP contribution is 2.42. The van der Waals surface area contributed by atoms with Crippen molar-refractivity contribution in [2.45, 2.75) is 0 Å². The average Bonchev–Trinajstić information content (AvgIpc) is 3.77. The van der Waals surface area contributed by atoms with Crippen molar-refractivity contribution in [1.82, 2.24) is 24.5 Å². The molecule has 0 atom stereocenters. The minimum absolute atomic E-state index is 0.560. The van der Waals surface area contributed by atoms with E-state index in [0.717, 1.165) is 87.8 Å². The van der Waals surface area contributed by atoms with Gasteiger partial charge < -0.3 is 4.42 Å². The van der Waals surface area contributed by atoms with Gasteiger partial charge in [0, 0.05) is 54.4 Å². The molecule has 0 saturated carbocycles. The van der Waals surface area contributed by atoms with Gasteiger partial charge in [0.05, 0.1) is 22.2 Å². The maximum atomic E-state index is 6.36. The smallest absolute Gasteiger partial charge is 0.238 e. The van der Waals surface area contributed by atoms with Crippen LogP contribution in [0, 0.1) is 0 Å². The molecule has 11 aromatic rings. The van der Waals surface area contributed by atoms with Crippen molar-refractivity contribution in [3.05, 3.63) is 164 Å². The number of benzene rings is 7. The molecule has 0 bridgehead atoms. The molecule has 0 N–H and O–H groups in total. The molecule has 4 heterocycles. The zero-order valence-corrected chi connectivity index (χ0v) is 27.7. The maximum absolute atomic E-state index is 6.36. The van der Waals surface area contributed by atoms with Gasteiger partial charge in [-0.25, -0.2) is 9.97 Å². The van der Waals surface area contributed by atoms with Crippen molar-refractivity contribution in [2.24, 2.45) is 0 Å². The van der Waals surface area contributed by atoms with E-state index in [9.17, 15) is 0 Å². The molecule has 11 rings (SSSR count). The predicted octanol–water partition coefficient (Wildman–Crippen LogP) is 11.6. The molecular weight excluding hydrogens is 639 g/mol. The molecule has 0 fully saturated rings. The van der Waals surface area contributed by atoms with Crippen molar-refractivity contribution in [2.75, 3.05) is 0 Å². The predicted molar refractivity (Wildman–Crippen MR) is 211 cm³/mol. The minimum Gasteiger partial charge on any atom is -0.456 e. The van der Waals surface area contributed by atoms with Gasteiger partial charge >= 0.3 is 0 Å². The highest BCUT2D eigenvalue weighted by molar-refractivity contribution is 6.28. The van der Waals surface area contributed by atoms with Crippen molar-refractivity contribution < 1.29 is 4.42 Å². The summed E-state index contributed by atoms with van der Waals surface area (Å²) in [6, 6.07) is 56.1. The summed E-state index contributed by atoms with van der Waals surface area (Å²) in [5, 5.41) is 7.69. The Morgan fingerprint density at radius 3 is 1.71 bits per heavy atom. The topological polar surface area (TPSA) is 69.6 Å². The van der Waals surface area contributed by atoms with Crippen LogP contribution in [0.4, 0.5) is 0 Å². The first kappa shape index (κ1) is 28.6. The van der Waals surface area contributed by atoms with Crippen LogP contribution < -0.4 is 0 Å². The molecule has 0 amide bonds. The number of rotatable bonds is 4. The van der Waals surface area contributed by atoms with E-state index in [-0.39, 0.29) is 0 Å². The van der Waals surface area contributed by atoms with Crippen LogP contribution in [-0.4, -0.2) is 24.5 Å². The highest BCUT2D eigenvalue weighted by atomic mass is 16.3. The summed E-state index contributed by atoms with van der Waals surface area (Å²) in [4.78, 5) is 20.8. The Balaban J connectivity index is 1.21. The Kier molecular flexibility index (Phi) is 6.15. The molecule has 4 aromatic heterocycles. The van der Waals surface area contributed by atoms with Gasteiger partial charge in [0.2, 0.25) is 5.95 Å². The quantitative estimate of drug-likeness (QED) is 0.175. The van der Waals surface area contributed by atoms with E-state index in [1.54, 1.807) is 0 Å². The molecule has 0 saturated heterocycles. The van der Waals surface area contributed by atoms with Crippen LogP contribution in [0.1, 0.15) is 0 Å². The summed E-state index contributed by atoms with van der Waals surface area (Å²) < 4.78 is 8.51. The van der Waals surface area contributed by atoms with Crippen LogP contribution in [-0.2, 0) is 0 Å². The van der Waals surface area contributed by atoms with E-state index < -0.39 is 0 Å². The summed E-state index contributed by atoms with van der Waals surface area (Å²) in [6.45, 7) is 0. The van der Waals surface area contributed by atoms with Crippen LogP contribution in [0.15, 0.2) is 168 Å². The van der Waals surface area contributed by atoms with Gasteiger partial charge in [0.1, 0.15) is 11.2 Å². The van der Waals surface area contributed by atoms with Crippen LogP contribution in [0.3, 0.4) is 0 Å². The monoisotopic (exact) mass is 665 g/mol. The van der Waals surface area contributed by atoms with Crippen molar-refractivity contribution in [3.63, 3.8) is 0 Å². The largest absolute Gasteiger partial charge is 0.456 e. The van der Waals surface area contributed by atoms with Crippen molar-refractivity contribution in [1.29, 1.82) is 0 Å². The number of pyridine rings is 1. The number of furan rings is 1. The van der Waals surface area contributed by atoms with Crippen LogP contribution in [0.2, 0.25) is 0 Å². The zero-order chi connectivity index (χ0) is 34.2. The lowest BCUT2D eigenvalue weighted by Gasteiger charge is -2.13. The van der Waals surface area contributed by atoms with Gasteiger partial charge in [-0.05, 0) is 36.4 Å². The molecule has 52 heavy (non-hydrogen) atoms. The lowest BCUT2D eigenvalue weighted by atomic mass is 9.95. The summed E-state index contributed by atoms with van der Waals surface area (Å²) >= 11 is 0. The molecule has 6 nitrogen and oxygen atoms in total. The van der Waals surface area contributed by atoms with Crippen LogP contribution in [0.5, 0.6) is 0 Å². The molecule has 0 radical (unpaired) electrons. The van der Waals surface area contributed by atoms with Crippen molar-refractivity contribution in [3.8, 4) is 40.0 Å². The number of nitrogens with zero attached hydrogens (tertiary/aromatic N) is 5. The Morgan fingerprint density at radius 2 is 0.981 bits per heavy atom. The summed E-state index contributed by atoms with van der Waals surface area (Å²) in [5.41, 5.74) is 8.37. The zero-order valence-electron chi connectivity index (χ0n) is 27.7. The third-order valence-electron chi connectivity index (χ3n) is 10.0. The third kappa shape index (κ3) is 4.31. The number of aromatic nitrogens is 5. The van der Waals surface area contributed by atoms with Gasteiger partial charge in [-0.2, -0.15) is 9.97 Å². The first-order chi connectivity index (χ1) is 25.8. The van der Waals surface area contributed by atoms with E-state index in [1.807, 2.05) is 48.5 Å². The van der Waals surface area contributed by atoms with E-state index in [4.69, 9.17) is 24.4 Å². The minimum atomic E-state index is 0.560. The molecule has 0 aliphatic carbocycles. The molecule has 242 valence electrons. The summed E-state index contributed by atoms with van der Waals surface area (Å²) in [7, 11) is 0. The number of hydrogen-bond donors (Lipinski definition) is 0. The van der Waals surface area contributed by atoms with Crippen LogP contribution in [0.25, 0.3) is 105 Å². The number of hydrogen-bond acceptors (Lipinski definition) is 5. The summed E-state index contributed by atoms with van der Waals surface area (Å²) in [5.74, 6) is 1.73. The van der Waals surface area contributed by atoms with E-state index in [2.05, 4.69) is 120 Å². The van der Waals surface area contributed by atoms with Gasteiger partial charge in [-0.1, -0.05) is 127 Å². The maximum Gasteiger partial charge on any atom is 0.238 e. The molecule has 0 aliphatic rings. The lowest BCUT2D eigenvalue weighted by molar-refractivity contribution is 0.669. The Hall–Kier alpha value is -7.18. The Labute approximate surface area is 297 Å². The first-order valence-corrected chi connectivity index (χ1v) is 17.3. The first-order valence-electron chi connectivity index (χ1n) is 17.3. The van der Waals surface area contributed by atoms with Gasteiger partial charge in [0.15, 0.2) is 11.6 Å². The molecule has 0 spiro atoms. The fraction of sp³-hybridized carbons (Fsp3) is 0. The lowest BCUT2D eigenvalue weighted by Crippen LogP contribution is -2.06. The van der Waals surface area contributed by atoms with E-state index in [1.165, 1.54) is 0 Å². The van der Waals surface area contributed by atoms with Gasteiger partial charge in [0.25, 0.3) is 0 Å². The second kappa shape index (κ2) is 11.2. The third-order valence-corrected chi connectivity index (χ3v) is 10.0. The molecular formula is C46H27N5O. The van der Waals surface area contributed by atoms with E-state index in [0.29, 0.717) is 17.6 Å². The number of fused-ring (bicyclic) bond motifs is 10. The second-order valence-electron chi connectivity index (χ2n) is 13.0. The Bertz CT molecular complexity index is 3130. The second-order valence-corrected chi connectivity index (χ2v) is 13.0. The molecule has 6 heteroatoms. The molecule has 0 aliphatic heterocycles. The van der Waals surface area contributed by atoms with E-state index >= 15 is 0 Å². The fourth-order valence-corrected chi connectivity index (χ4v) is 7.71. The van der Waals surface area contributed by atoms with Gasteiger partial charge in [-0.15, -0.1) is 0 Å². The molecule has 0 unspecified atom stereocenters. The highest BCUT2D eigenvalue weighted by Gasteiger charge is 2.20. The Morgan fingerprint density at radius 1 is 0.385 bits per heavy atom. The summed E-state index contributed by atoms with van der Waals surface area (Å²) in [6.07, 6.45) is 0. The standard InChI is InChI=1S/C46H27N5O/c1-3-13-28(14-4-1)43-35-25-26-40-42(34-19-9-12-22-39(34)52-40)41(35)33-24-23-30(27-36(33)47-43)45-48-44(29-15-5-2-6-16-29)49-46(50-45)51-37-20-10-7-17-31(37)32-18-8-11-21-38(32)51/h1-27H. The fourth-order valence-electron chi connectivity index (χ4n) is 7.71. The normalized spacial score (nSPS) is 11.8. The average molecular weight is 666 g/mol. The van der Waals surface area contributed by atoms with Crippen molar-refractivity contribution >= 4 is 65.4 Å². The van der Waals surface area contributed by atoms with Crippen LogP contribution >= 0.6 is 0 Å². The molecule has 7 aromatic carbocycles.